The number of para-hydroxylation sites is 1. The molecule has 0 saturated carbocycles. The average molecular weight is 305 g/mol. The first kappa shape index (κ1) is 13.4. The van der Waals surface area contributed by atoms with Crippen LogP contribution in [-0.4, -0.2) is 19.5 Å². The van der Waals surface area contributed by atoms with Crippen molar-refractivity contribution < 1.29 is 4.39 Å². The lowest BCUT2D eigenvalue weighted by Gasteiger charge is -2.07. The summed E-state index contributed by atoms with van der Waals surface area (Å²) in [5, 5.41) is 0. The quantitative estimate of drug-likeness (QED) is 0.617. The van der Waals surface area contributed by atoms with Crippen molar-refractivity contribution in [2.45, 2.75) is 0 Å². The molecule has 0 bridgehead atoms. The Morgan fingerprint density at radius 1 is 0.957 bits per heavy atom. The standard InChI is InChI=1S/C17H12FN5/c18-11-4-6-12(7-5-11)23-10-22-16-13(2-1-3-15(16)23)14-8-20-9-21-17(14)19/h1-10H,(H2,19,20,21). The van der Waals surface area contributed by atoms with Crippen molar-refractivity contribution in [3.05, 3.63) is 67.1 Å². The van der Waals surface area contributed by atoms with E-state index >= 15 is 0 Å². The fraction of sp³-hybridized carbons (Fsp3) is 0. The lowest BCUT2D eigenvalue weighted by molar-refractivity contribution is 0.627. The molecule has 0 saturated heterocycles. The third kappa shape index (κ3) is 2.20. The van der Waals surface area contributed by atoms with Gasteiger partial charge in [-0.15, -0.1) is 0 Å². The Labute approximate surface area is 131 Å². The summed E-state index contributed by atoms with van der Waals surface area (Å²) < 4.78 is 15.0. The topological polar surface area (TPSA) is 69.6 Å². The van der Waals surface area contributed by atoms with Crippen molar-refractivity contribution in [1.29, 1.82) is 0 Å². The second kappa shape index (κ2) is 5.17. The first-order chi connectivity index (χ1) is 11.2. The molecule has 0 atom stereocenters. The SMILES string of the molecule is Nc1ncncc1-c1cccc2c1ncn2-c1ccc(F)cc1. The molecule has 0 spiro atoms. The molecule has 4 aromatic rings. The van der Waals surface area contributed by atoms with Gasteiger partial charge in [0, 0.05) is 23.0 Å². The Morgan fingerprint density at radius 3 is 2.57 bits per heavy atom. The van der Waals surface area contributed by atoms with Gasteiger partial charge < -0.3 is 5.73 Å². The van der Waals surface area contributed by atoms with Gasteiger partial charge in [0.15, 0.2) is 0 Å². The van der Waals surface area contributed by atoms with Crippen molar-refractivity contribution in [2.24, 2.45) is 0 Å². The van der Waals surface area contributed by atoms with E-state index in [4.69, 9.17) is 5.73 Å². The summed E-state index contributed by atoms with van der Waals surface area (Å²) in [6.07, 6.45) is 4.80. The molecular formula is C17H12FN5. The molecule has 0 unspecified atom stereocenters. The molecule has 0 aliphatic heterocycles. The van der Waals surface area contributed by atoms with Gasteiger partial charge in [-0.2, -0.15) is 0 Å². The number of hydrogen-bond donors (Lipinski definition) is 1. The molecule has 0 fully saturated rings. The number of imidazole rings is 1. The van der Waals surface area contributed by atoms with Crippen LogP contribution in [0, 0.1) is 5.82 Å². The summed E-state index contributed by atoms with van der Waals surface area (Å²) in [4.78, 5) is 12.6. The van der Waals surface area contributed by atoms with Crippen LogP contribution < -0.4 is 5.73 Å². The maximum atomic E-state index is 13.1. The zero-order valence-electron chi connectivity index (χ0n) is 12.0. The summed E-state index contributed by atoms with van der Waals surface area (Å²) in [7, 11) is 0. The van der Waals surface area contributed by atoms with Crippen LogP contribution in [0.2, 0.25) is 0 Å². The summed E-state index contributed by atoms with van der Waals surface area (Å²) in [5.41, 5.74) is 10.1. The van der Waals surface area contributed by atoms with Gasteiger partial charge in [0.1, 0.15) is 24.3 Å². The number of aromatic nitrogens is 4. The highest BCUT2D eigenvalue weighted by atomic mass is 19.1. The number of nitrogens with zero attached hydrogens (tertiary/aromatic N) is 4. The van der Waals surface area contributed by atoms with Gasteiger partial charge in [-0.1, -0.05) is 12.1 Å². The largest absolute Gasteiger partial charge is 0.383 e. The number of fused-ring (bicyclic) bond motifs is 1. The number of nitrogen functional groups attached to an aromatic ring is 1. The van der Waals surface area contributed by atoms with E-state index < -0.39 is 0 Å². The van der Waals surface area contributed by atoms with Crippen LogP contribution >= 0.6 is 0 Å². The Bertz CT molecular complexity index is 991. The number of halogens is 1. The Hall–Kier alpha value is -3.28. The normalized spacial score (nSPS) is 11.0. The smallest absolute Gasteiger partial charge is 0.134 e. The van der Waals surface area contributed by atoms with E-state index in [0.717, 1.165) is 27.8 Å². The first-order valence-corrected chi connectivity index (χ1v) is 7.02. The lowest BCUT2D eigenvalue weighted by atomic mass is 10.1. The van der Waals surface area contributed by atoms with Crippen LogP contribution in [-0.2, 0) is 0 Å². The van der Waals surface area contributed by atoms with Crippen LogP contribution in [0.4, 0.5) is 10.2 Å². The monoisotopic (exact) mass is 305 g/mol. The minimum absolute atomic E-state index is 0.270. The van der Waals surface area contributed by atoms with Crippen LogP contribution in [0.15, 0.2) is 61.3 Å². The minimum atomic E-state index is -0.270. The molecule has 6 heteroatoms. The van der Waals surface area contributed by atoms with E-state index in [1.165, 1.54) is 18.5 Å². The van der Waals surface area contributed by atoms with E-state index in [-0.39, 0.29) is 5.82 Å². The zero-order chi connectivity index (χ0) is 15.8. The maximum absolute atomic E-state index is 13.1. The number of anilines is 1. The summed E-state index contributed by atoms with van der Waals surface area (Å²) in [6.45, 7) is 0. The molecule has 0 amide bonds. The Kier molecular flexibility index (Phi) is 3.01. The van der Waals surface area contributed by atoms with E-state index in [2.05, 4.69) is 15.0 Å². The van der Waals surface area contributed by atoms with E-state index in [1.54, 1.807) is 24.7 Å². The zero-order valence-corrected chi connectivity index (χ0v) is 12.0. The van der Waals surface area contributed by atoms with Gasteiger partial charge in [0.25, 0.3) is 0 Å². The van der Waals surface area contributed by atoms with Gasteiger partial charge >= 0.3 is 0 Å². The molecule has 2 heterocycles. The molecule has 2 N–H and O–H groups in total. The summed E-state index contributed by atoms with van der Waals surface area (Å²) >= 11 is 0. The van der Waals surface area contributed by atoms with Crippen molar-refractivity contribution in [1.82, 2.24) is 19.5 Å². The predicted octanol–water partition coefficient (Wildman–Crippen LogP) is 3.20. The number of nitrogens with two attached hydrogens (primary N) is 1. The Balaban J connectivity index is 1.94. The number of hydrogen-bond acceptors (Lipinski definition) is 4. The van der Waals surface area contributed by atoms with Crippen molar-refractivity contribution in [3.8, 4) is 16.8 Å². The molecule has 0 aliphatic rings. The van der Waals surface area contributed by atoms with Crippen molar-refractivity contribution >= 4 is 16.9 Å². The van der Waals surface area contributed by atoms with Gasteiger partial charge in [-0.25, -0.2) is 19.3 Å². The lowest BCUT2D eigenvalue weighted by Crippen LogP contribution is -1.95. The third-order valence-corrected chi connectivity index (χ3v) is 3.71. The molecule has 0 aliphatic carbocycles. The highest BCUT2D eigenvalue weighted by Gasteiger charge is 2.12. The average Bonchev–Trinajstić information content (AvgIpc) is 3.00. The van der Waals surface area contributed by atoms with E-state index in [1.807, 2.05) is 22.8 Å². The molecule has 2 aromatic heterocycles. The van der Waals surface area contributed by atoms with E-state index in [0.29, 0.717) is 5.82 Å². The molecule has 4 rings (SSSR count). The fourth-order valence-corrected chi connectivity index (χ4v) is 2.61. The van der Waals surface area contributed by atoms with Crippen LogP contribution in [0.25, 0.3) is 27.8 Å². The number of rotatable bonds is 2. The molecule has 112 valence electrons. The minimum Gasteiger partial charge on any atom is -0.383 e. The second-order valence-corrected chi connectivity index (χ2v) is 5.09. The first-order valence-electron chi connectivity index (χ1n) is 7.02. The van der Waals surface area contributed by atoms with Crippen molar-refractivity contribution in [2.75, 3.05) is 5.73 Å². The van der Waals surface area contributed by atoms with Crippen LogP contribution in [0.5, 0.6) is 0 Å². The van der Waals surface area contributed by atoms with Gasteiger partial charge in [-0.05, 0) is 30.3 Å². The second-order valence-electron chi connectivity index (χ2n) is 5.09. The van der Waals surface area contributed by atoms with Gasteiger partial charge in [0.2, 0.25) is 0 Å². The highest BCUT2D eigenvalue weighted by Crippen LogP contribution is 2.30. The summed E-state index contributed by atoms with van der Waals surface area (Å²) in [5.74, 6) is 0.136. The molecule has 5 nitrogen and oxygen atoms in total. The van der Waals surface area contributed by atoms with Gasteiger partial charge in [0.05, 0.1) is 11.0 Å². The third-order valence-electron chi connectivity index (χ3n) is 3.71. The van der Waals surface area contributed by atoms with Crippen LogP contribution in [0.1, 0.15) is 0 Å². The number of benzene rings is 2. The fourth-order valence-electron chi connectivity index (χ4n) is 2.61. The molecule has 2 aromatic carbocycles. The predicted molar refractivity (Wildman–Crippen MR) is 86.5 cm³/mol. The summed E-state index contributed by atoms with van der Waals surface area (Å²) in [6, 6.07) is 12.1. The maximum Gasteiger partial charge on any atom is 0.134 e. The van der Waals surface area contributed by atoms with E-state index in [9.17, 15) is 4.39 Å². The Morgan fingerprint density at radius 2 is 1.78 bits per heavy atom. The molecular weight excluding hydrogens is 293 g/mol. The molecule has 0 radical (unpaired) electrons. The van der Waals surface area contributed by atoms with Crippen LogP contribution in [0.3, 0.4) is 0 Å². The van der Waals surface area contributed by atoms with Gasteiger partial charge in [-0.3, -0.25) is 4.57 Å². The van der Waals surface area contributed by atoms with Crippen molar-refractivity contribution in [3.63, 3.8) is 0 Å². The highest BCUT2D eigenvalue weighted by molar-refractivity contribution is 5.95. The molecule has 23 heavy (non-hydrogen) atoms.